The van der Waals surface area contributed by atoms with E-state index >= 15 is 0 Å². The lowest BCUT2D eigenvalue weighted by Crippen LogP contribution is -2.29. The van der Waals surface area contributed by atoms with E-state index < -0.39 is 0 Å². The van der Waals surface area contributed by atoms with Crippen molar-refractivity contribution in [2.24, 2.45) is 0 Å². The van der Waals surface area contributed by atoms with Crippen LogP contribution < -0.4 is 5.32 Å². The summed E-state index contributed by atoms with van der Waals surface area (Å²) in [6.45, 7) is 2.38. The highest BCUT2D eigenvalue weighted by atomic mass is 79.9. The standard InChI is InChI=1S/C14H14BrNOS/c15-14-6-5-11(18-14)7-16-13-9-17-8-10-3-1-2-4-12(10)13/h1-6,13,16H,7-9H2. The van der Waals surface area contributed by atoms with Crippen LogP contribution in [-0.4, -0.2) is 6.61 Å². The van der Waals surface area contributed by atoms with Crippen molar-refractivity contribution in [3.8, 4) is 0 Å². The van der Waals surface area contributed by atoms with Crippen LogP contribution in [-0.2, 0) is 17.9 Å². The molecule has 0 saturated carbocycles. The van der Waals surface area contributed by atoms with Gasteiger partial charge in [0.25, 0.3) is 0 Å². The van der Waals surface area contributed by atoms with E-state index in [1.54, 1.807) is 11.3 Å². The fourth-order valence-corrected chi connectivity index (χ4v) is 3.66. The molecule has 2 aromatic rings. The number of nitrogens with one attached hydrogen (secondary N) is 1. The normalized spacial score (nSPS) is 18.6. The highest BCUT2D eigenvalue weighted by molar-refractivity contribution is 9.11. The van der Waals surface area contributed by atoms with Crippen LogP contribution in [0.15, 0.2) is 40.2 Å². The summed E-state index contributed by atoms with van der Waals surface area (Å²) in [7, 11) is 0. The van der Waals surface area contributed by atoms with E-state index in [1.807, 2.05) is 0 Å². The average Bonchev–Trinajstić information content (AvgIpc) is 2.82. The maximum Gasteiger partial charge on any atom is 0.0721 e. The van der Waals surface area contributed by atoms with E-state index in [1.165, 1.54) is 19.8 Å². The predicted octanol–water partition coefficient (Wildman–Crippen LogP) is 3.87. The van der Waals surface area contributed by atoms with Gasteiger partial charge in [-0.15, -0.1) is 11.3 Å². The SMILES string of the molecule is Brc1ccc(CNC2COCc3ccccc32)s1. The number of ether oxygens (including phenoxy) is 1. The van der Waals surface area contributed by atoms with E-state index in [0.29, 0.717) is 6.04 Å². The van der Waals surface area contributed by atoms with E-state index in [9.17, 15) is 0 Å². The Morgan fingerprint density at radius 2 is 2.17 bits per heavy atom. The molecular formula is C14H14BrNOS. The third kappa shape index (κ3) is 2.67. The first-order chi connectivity index (χ1) is 8.83. The van der Waals surface area contributed by atoms with Gasteiger partial charge < -0.3 is 10.1 Å². The van der Waals surface area contributed by atoms with E-state index in [0.717, 1.165) is 19.8 Å². The number of hydrogen-bond donors (Lipinski definition) is 1. The zero-order valence-electron chi connectivity index (χ0n) is 9.86. The Hall–Kier alpha value is -0.680. The van der Waals surface area contributed by atoms with Gasteiger partial charge in [0.15, 0.2) is 0 Å². The van der Waals surface area contributed by atoms with E-state index in [4.69, 9.17) is 4.74 Å². The lowest BCUT2D eigenvalue weighted by Gasteiger charge is -2.26. The van der Waals surface area contributed by atoms with Crippen molar-refractivity contribution in [2.75, 3.05) is 6.61 Å². The molecule has 1 aliphatic rings. The molecule has 0 saturated heterocycles. The molecule has 0 amide bonds. The number of benzene rings is 1. The van der Waals surface area contributed by atoms with Gasteiger partial charge in [-0.25, -0.2) is 0 Å². The summed E-state index contributed by atoms with van der Waals surface area (Å²) in [6.07, 6.45) is 0. The Morgan fingerprint density at radius 3 is 3.00 bits per heavy atom. The Balaban J connectivity index is 1.71. The molecule has 1 aromatic carbocycles. The van der Waals surface area contributed by atoms with Crippen LogP contribution in [0.2, 0.25) is 0 Å². The minimum absolute atomic E-state index is 0.302. The van der Waals surface area contributed by atoms with Gasteiger partial charge >= 0.3 is 0 Å². The van der Waals surface area contributed by atoms with Gasteiger partial charge in [0.2, 0.25) is 0 Å². The van der Waals surface area contributed by atoms with Crippen LogP contribution in [0.25, 0.3) is 0 Å². The molecule has 94 valence electrons. The topological polar surface area (TPSA) is 21.3 Å². The van der Waals surface area contributed by atoms with Crippen molar-refractivity contribution >= 4 is 27.3 Å². The van der Waals surface area contributed by atoms with Crippen molar-refractivity contribution in [1.82, 2.24) is 5.32 Å². The molecule has 0 fully saturated rings. The molecule has 0 aliphatic carbocycles. The summed E-state index contributed by atoms with van der Waals surface area (Å²) < 4.78 is 6.81. The van der Waals surface area contributed by atoms with Crippen LogP contribution in [0.4, 0.5) is 0 Å². The molecule has 2 heterocycles. The summed E-state index contributed by atoms with van der Waals surface area (Å²) >= 11 is 5.26. The zero-order chi connectivity index (χ0) is 12.4. The quantitative estimate of drug-likeness (QED) is 0.925. The van der Waals surface area contributed by atoms with E-state index in [2.05, 4.69) is 57.6 Å². The first-order valence-corrected chi connectivity index (χ1v) is 7.57. The highest BCUT2D eigenvalue weighted by Gasteiger charge is 2.19. The Kier molecular flexibility index (Phi) is 3.80. The largest absolute Gasteiger partial charge is 0.375 e. The average molecular weight is 324 g/mol. The molecular weight excluding hydrogens is 310 g/mol. The molecule has 1 atom stereocenters. The molecule has 18 heavy (non-hydrogen) atoms. The molecule has 0 spiro atoms. The molecule has 4 heteroatoms. The predicted molar refractivity (Wildman–Crippen MR) is 77.7 cm³/mol. The minimum atomic E-state index is 0.302. The summed E-state index contributed by atoms with van der Waals surface area (Å²) in [5, 5.41) is 3.57. The third-order valence-corrected chi connectivity index (χ3v) is 4.75. The van der Waals surface area contributed by atoms with Gasteiger partial charge in [0.05, 0.1) is 23.0 Å². The monoisotopic (exact) mass is 323 g/mol. The van der Waals surface area contributed by atoms with Crippen molar-refractivity contribution in [1.29, 1.82) is 0 Å². The highest BCUT2D eigenvalue weighted by Crippen LogP contribution is 2.26. The van der Waals surface area contributed by atoms with Gasteiger partial charge in [-0.05, 0) is 39.2 Å². The molecule has 0 radical (unpaired) electrons. The zero-order valence-corrected chi connectivity index (χ0v) is 12.3. The summed E-state index contributed by atoms with van der Waals surface area (Å²) in [5.74, 6) is 0. The van der Waals surface area contributed by atoms with Gasteiger partial charge in [0, 0.05) is 11.4 Å². The number of halogens is 1. The van der Waals surface area contributed by atoms with Crippen molar-refractivity contribution < 1.29 is 4.74 Å². The van der Waals surface area contributed by atoms with Gasteiger partial charge in [-0.2, -0.15) is 0 Å². The molecule has 1 unspecified atom stereocenters. The fraction of sp³-hybridized carbons (Fsp3) is 0.286. The fourth-order valence-electron chi connectivity index (χ4n) is 2.22. The number of fused-ring (bicyclic) bond motifs is 1. The molecule has 0 bridgehead atoms. The first-order valence-electron chi connectivity index (χ1n) is 5.96. The Bertz CT molecular complexity index is 540. The second kappa shape index (κ2) is 5.53. The number of rotatable bonds is 3. The molecule has 3 rings (SSSR count). The lowest BCUT2D eigenvalue weighted by molar-refractivity contribution is 0.0817. The first kappa shape index (κ1) is 12.4. The maximum absolute atomic E-state index is 5.63. The van der Waals surface area contributed by atoms with Gasteiger partial charge in [-0.3, -0.25) is 0 Å². The van der Waals surface area contributed by atoms with Crippen LogP contribution >= 0.6 is 27.3 Å². The number of hydrogen-bond acceptors (Lipinski definition) is 3. The second-order valence-corrected chi connectivity index (χ2v) is 6.90. The molecule has 1 aromatic heterocycles. The summed E-state index contributed by atoms with van der Waals surface area (Å²) in [5.41, 5.74) is 2.67. The Morgan fingerprint density at radius 1 is 1.28 bits per heavy atom. The molecule has 1 aliphatic heterocycles. The van der Waals surface area contributed by atoms with Crippen LogP contribution in [0.5, 0.6) is 0 Å². The van der Waals surface area contributed by atoms with Crippen LogP contribution in [0.1, 0.15) is 22.0 Å². The number of thiophene rings is 1. The smallest absolute Gasteiger partial charge is 0.0721 e. The van der Waals surface area contributed by atoms with Gasteiger partial charge in [-0.1, -0.05) is 24.3 Å². The lowest BCUT2D eigenvalue weighted by atomic mass is 9.99. The minimum Gasteiger partial charge on any atom is -0.375 e. The van der Waals surface area contributed by atoms with Gasteiger partial charge in [0.1, 0.15) is 0 Å². The molecule has 1 N–H and O–H groups in total. The summed E-state index contributed by atoms with van der Waals surface area (Å²) in [4.78, 5) is 1.34. The van der Waals surface area contributed by atoms with E-state index in [-0.39, 0.29) is 0 Å². The third-order valence-electron chi connectivity index (χ3n) is 3.12. The van der Waals surface area contributed by atoms with Crippen LogP contribution in [0, 0.1) is 0 Å². The maximum atomic E-state index is 5.63. The second-order valence-electron chi connectivity index (χ2n) is 4.35. The van der Waals surface area contributed by atoms with Crippen molar-refractivity contribution in [3.63, 3.8) is 0 Å². The van der Waals surface area contributed by atoms with Crippen LogP contribution in [0.3, 0.4) is 0 Å². The Labute approximate surface area is 119 Å². The van der Waals surface area contributed by atoms with Crippen molar-refractivity contribution in [3.05, 3.63) is 56.2 Å². The van der Waals surface area contributed by atoms with Crippen molar-refractivity contribution in [2.45, 2.75) is 19.2 Å². The molecule has 2 nitrogen and oxygen atoms in total. The summed E-state index contributed by atoms with van der Waals surface area (Å²) in [6, 6.07) is 13.0.